The second-order valence-corrected chi connectivity index (χ2v) is 6.85. The molecule has 8 nitrogen and oxygen atoms in total. The van der Waals surface area contributed by atoms with Gasteiger partial charge in [-0.2, -0.15) is 0 Å². The predicted octanol–water partition coefficient (Wildman–Crippen LogP) is 2.67. The number of benzene rings is 1. The molecule has 0 radical (unpaired) electrons. The number of aromatic nitrogens is 2. The highest BCUT2D eigenvalue weighted by Crippen LogP contribution is 2.30. The highest BCUT2D eigenvalue weighted by atomic mass is 32.1. The molecule has 1 aromatic carbocycles. The van der Waals surface area contributed by atoms with Gasteiger partial charge in [-0.3, -0.25) is 10.1 Å². The van der Waals surface area contributed by atoms with Gasteiger partial charge < -0.3 is 15.5 Å². The Hall–Kier alpha value is -2.62. The third-order valence-electron chi connectivity index (χ3n) is 4.07. The van der Waals surface area contributed by atoms with E-state index >= 15 is 0 Å². The van der Waals surface area contributed by atoms with Gasteiger partial charge >= 0.3 is 0 Å². The fourth-order valence-corrected chi connectivity index (χ4v) is 3.56. The van der Waals surface area contributed by atoms with E-state index in [4.69, 9.17) is 0 Å². The molecule has 26 heavy (non-hydrogen) atoms. The molecule has 0 amide bonds. The number of non-ortho nitro benzene ring substituents is 1. The lowest BCUT2D eigenvalue weighted by atomic mass is 10.0. The molecule has 0 bridgehead atoms. The van der Waals surface area contributed by atoms with Crippen LogP contribution in [0.3, 0.4) is 0 Å². The molecule has 0 aliphatic carbocycles. The van der Waals surface area contributed by atoms with E-state index in [2.05, 4.69) is 22.2 Å². The summed E-state index contributed by atoms with van der Waals surface area (Å²) in [6.07, 6.45) is 1.26. The molecule has 3 aromatic rings. The van der Waals surface area contributed by atoms with Crippen LogP contribution in [0.1, 0.15) is 23.5 Å². The minimum absolute atomic E-state index is 0.0580. The van der Waals surface area contributed by atoms with E-state index in [0.29, 0.717) is 11.4 Å². The zero-order valence-electron chi connectivity index (χ0n) is 14.0. The van der Waals surface area contributed by atoms with Gasteiger partial charge in [0.2, 0.25) is 0 Å². The van der Waals surface area contributed by atoms with Crippen LogP contribution in [0, 0.1) is 10.1 Å². The fraction of sp³-hybridized carbons (Fsp3) is 0.294. The van der Waals surface area contributed by atoms with Crippen molar-refractivity contribution in [1.29, 1.82) is 0 Å². The fourth-order valence-electron chi connectivity index (χ4n) is 2.62. The lowest BCUT2D eigenvalue weighted by Crippen LogP contribution is -2.31. The second kappa shape index (κ2) is 7.73. The number of fused-ring (bicyclic) bond motifs is 1. The number of nitrogens with one attached hydrogen (secondary N) is 1. The number of aliphatic hydroxyl groups is 2. The number of nitro benzene ring substituents is 1. The first kappa shape index (κ1) is 18.2. The number of aliphatic hydroxyl groups excluding tert-OH is 2. The van der Waals surface area contributed by atoms with E-state index in [9.17, 15) is 20.3 Å². The Morgan fingerprint density at radius 1 is 1.31 bits per heavy atom. The van der Waals surface area contributed by atoms with Gasteiger partial charge in [0.15, 0.2) is 0 Å². The van der Waals surface area contributed by atoms with E-state index in [1.807, 2.05) is 6.07 Å². The average molecular weight is 374 g/mol. The van der Waals surface area contributed by atoms with Gasteiger partial charge in [-0.15, -0.1) is 11.3 Å². The Balaban J connectivity index is 1.85. The Morgan fingerprint density at radius 2 is 2.04 bits per heavy atom. The van der Waals surface area contributed by atoms with E-state index < -0.39 is 17.1 Å². The van der Waals surface area contributed by atoms with Crippen LogP contribution in [-0.2, 0) is 6.42 Å². The van der Waals surface area contributed by atoms with E-state index in [1.54, 1.807) is 11.3 Å². The molecule has 0 saturated heterocycles. The molecule has 0 saturated carbocycles. The zero-order valence-corrected chi connectivity index (χ0v) is 14.8. The molecule has 3 rings (SSSR count). The maximum atomic E-state index is 10.7. The normalized spacial score (nSPS) is 13.5. The Labute approximate surface area is 153 Å². The molecule has 0 spiro atoms. The lowest BCUT2D eigenvalue weighted by Gasteiger charge is -2.23. The van der Waals surface area contributed by atoms with Crippen molar-refractivity contribution in [2.75, 3.05) is 11.9 Å². The number of thiophene rings is 1. The Bertz CT molecular complexity index is 913. The smallest absolute Gasteiger partial charge is 0.269 e. The second-order valence-electron chi connectivity index (χ2n) is 5.73. The molecule has 2 heterocycles. The minimum atomic E-state index is -1.06. The minimum Gasteiger partial charge on any atom is -0.394 e. The van der Waals surface area contributed by atoms with Gasteiger partial charge in [0.05, 0.1) is 23.0 Å². The number of hydrogen-bond acceptors (Lipinski definition) is 8. The first-order valence-corrected chi connectivity index (χ1v) is 8.88. The molecule has 0 fully saturated rings. The van der Waals surface area contributed by atoms with E-state index in [0.717, 1.165) is 16.6 Å². The number of nitrogens with zero attached hydrogens (tertiary/aromatic N) is 3. The first-order chi connectivity index (χ1) is 12.5. The number of rotatable bonds is 7. The molecular weight excluding hydrogens is 356 g/mol. The SMILES string of the molecule is CCc1cc2c(N[C@H](CO)[C@H](O)c3ccc([N+](=O)[O-])cc3)ncnc2s1. The van der Waals surface area contributed by atoms with Crippen molar-refractivity contribution in [3.63, 3.8) is 0 Å². The van der Waals surface area contributed by atoms with Crippen LogP contribution >= 0.6 is 11.3 Å². The molecular formula is C17H18N4O4S. The first-order valence-electron chi connectivity index (χ1n) is 8.06. The summed E-state index contributed by atoms with van der Waals surface area (Å²) < 4.78 is 0. The number of hydrogen-bond donors (Lipinski definition) is 3. The van der Waals surface area contributed by atoms with Gasteiger partial charge in [-0.25, -0.2) is 9.97 Å². The topological polar surface area (TPSA) is 121 Å². The largest absolute Gasteiger partial charge is 0.394 e. The van der Waals surface area contributed by atoms with Crippen LogP contribution < -0.4 is 5.32 Å². The number of anilines is 1. The Kier molecular flexibility index (Phi) is 5.40. The maximum absolute atomic E-state index is 10.7. The third-order valence-corrected chi connectivity index (χ3v) is 5.26. The van der Waals surface area contributed by atoms with Crippen LogP contribution in [-0.4, -0.2) is 37.8 Å². The van der Waals surface area contributed by atoms with Crippen molar-refractivity contribution in [2.45, 2.75) is 25.5 Å². The van der Waals surface area contributed by atoms with Gasteiger partial charge in [-0.05, 0) is 30.2 Å². The van der Waals surface area contributed by atoms with Gasteiger partial charge in [0.25, 0.3) is 5.69 Å². The highest BCUT2D eigenvalue weighted by molar-refractivity contribution is 7.18. The van der Waals surface area contributed by atoms with Gasteiger partial charge in [-0.1, -0.05) is 6.92 Å². The summed E-state index contributed by atoms with van der Waals surface area (Å²) in [6.45, 7) is 1.72. The molecule has 9 heteroatoms. The van der Waals surface area contributed by atoms with Crippen LogP contribution in [0.2, 0.25) is 0 Å². The standard InChI is InChI=1S/C17H18N4O4S/c1-2-12-7-13-16(18-9-19-17(13)26-12)20-14(8-22)15(23)10-3-5-11(6-4-10)21(24)25/h3-7,9,14-15,22-23H,2,8H2,1H3,(H,18,19,20)/t14-,15-/m1/s1. The highest BCUT2D eigenvalue weighted by Gasteiger charge is 2.22. The molecule has 0 aliphatic rings. The van der Waals surface area contributed by atoms with Gasteiger partial charge in [0.1, 0.15) is 23.1 Å². The van der Waals surface area contributed by atoms with E-state index in [-0.39, 0.29) is 12.3 Å². The van der Waals surface area contributed by atoms with Crippen molar-refractivity contribution in [3.8, 4) is 0 Å². The quantitative estimate of drug-likeness (QED) is 0.429. The monoisotopic (exact) mass is 374 g/mol. The molecule has 2 aromatic heterocycles. The summed E-state index contributed by atoms with van der Waals surface area (Å²) in [5.74, 6) is 0.533. The summed E-state index contributed by atoms with van der Waals surface area (Å²) in [5.41, 5.74) is 0.407. The van der Waals surface area contributed by atoms with Crippen molar-refractivity contribution >= 4 is 33.1 Å². The van der Waals surface area contributed by atoms with Crippen molar-refractivity contribution in [2.24, 2.45) is 0 Å². The van der Waals surface area contributed by atoms with Crippen LogP contribution in [0.4, 0.5) is 11.5 Å². The summed E-state index contributed by atoms with van der Waals surface area (Å²) >= 11 is 1.58. The maximum Gasteiger partial charge on any atom is 0.269 e. The molecule has 0 aliphatic heterocycles. The molecule has 136 valence electrons. The summed E-state index contributed by atoms with van der Waals surface area (Å²) in [5, 5.41) is 34.9. The zero-order chi connectivity index (χ0) is 18.7. The molecule has 2 atom stereocenters. The number of aryl methyl sites for hydroxylation is 1. The molecule has 0 unspecified atom stereocenters. The summed E-state index contributed by atoms with van der Waals surface area (Å²) in [6, 6.07) is 6.87. The molecule has 3 N–H and O–H groups in total. The Morgan fingerprint density at radius 3 is 2.65 bits per heavy atom. The van der Waals surface area contributed by atoms with Crippen molar-refractivity contribution in [3.05, 3.63) is 57.2 Å². The third kappa shape index (κ3) is 3.64. The predicted molar refractivity (Wildman–Crippen MR) is 99.3 cm³/mol. The van der Waals surface area contributed by atoms with Crippen molar-refractivity contribution < 1.29 is 15.1 Å². The average Bonchev–Trinajstić information content (AvgIpc) is 3.09. The van der Waals surface area contributed by atoms with Crippen LogP contribution in [0.15, 0.2) is 36.7 Å². The van der Waals surface area contributed by atoms with Gasteiger partial charge in [0, 0.05) is 17.0 Å². The van der Waals surface area contributed by atoms with Crippen LogP contribution in [0.25, 0.3) is 10.2 Å². The summed E-state index contributed by atoms with van der Waals surface area (Å²) in [4.78, 5) is 20.7. The number of nitro groups is 1. The summed E-state index contributed by atoms with van der Waals surface area (Å²) in [7, 11) is 0. The van der Waals surface area contributed by atoms with Crippen molar-refractivity contribution in [1.82, 2.24) is 9.97 Å². The van der Waals surface area contributed by atoms with Crippen LogP contribution in [0.5, 0.6) is 0 Å². The lowest BCUT2D eigenvalue weighted by molar-refractivity contribution is -0.384. The van der Waals surface area contributed by atoms with E-state index in [1.165, 1.54) is 35.5 Å².